The fourth-order valence-corrected chi connectivity index (χ4v) is 4.21. The monoisotopic (exact) mass is 242 g/mol. The molecular formula is C11H18N2S2. The van der Waals surface area contributed by atoms with Gasteiger partial charge in [-0.15, -0.1) is 11.3 Å². The zero-order valence-electron chi connectivity index (χ0n) is 9.27. The number of hydrogen-bond acceptors (Lipinski definition) is 4. The molecule has 1 saturated heterocycles. The van der Waals surface area contributed by atoms with Gasteiger partial charge in [0.1, 0.15) is 0 Å². The quantitative estimate of drug-likeness (QED) is 0.873. The van der Waals surface area contributed by atoms with Gasteiger partial charge in [-0.2, -0.15) is 11.8 Å². The lowest BCUT2D eigenvalue weighted by Crippen LogP contribution is -2.46. The van der Waals surface area contributed by atoms with Crippen molar-refractivity contribution >= 4 is 23.1 Å². The van der Waals surface area contributed by atoms with E-state index in [1.54, 1.807) is 0 Å². The van der Waals surface area contributed by atoms with E-state index < -0.39 is 0 Å². The summed E-state index contributed by atoms with van der Waals surface area (Å²) in [5, 5.41) is 5.62. The first-order valence-electron chi connectivity index (χ1n) is 5.31. The molecule has 2 heterocycles. The van der Waals surface area contributed by atoms with Crippen molar-refractivity contribution in [1.29, 1.82) is 0 Å². The molecule has 0 aliphatic carbocycles. The summed E-state index contributed by atoms with van der Waals surface area (Å²) in [5.74, 6) is 2.51. The maximum absolute atomic E-state index is 3.46. The summed E-state index contributed by atoms with van der Waals surface area (Å²) in [4.78, 5) is 3.94. The Kier molecular flexibility index (Phi) is 4.08. The highest BCUT2D eigenvalue weighted by Gasteiger charge is 2.28. The minimum absolute atomic E-state index is 0.489. The summed E-state index contributed by atoms with van der Waals surface area (Å²) in [6.07, 6.45) is 0. The predicted octanol–water partition coefficient (Wildman–Crippen LogP) is 2.06. The van der Waals surface area contributed by atoms with Gasteiger partial charge in [0.15, 0.2) is 0 Å². The van der Waals surface area contributed by atoms with Gasteiger partial charge in [0.2, 0.25) is 0 Å². The molecule has 1 N–H and O–H groups in total. The molecule has 2 atom stereocenters. The molecule has 1 aliphatic heterocycles. The molecule has 0 amide bonds. The molecule has 0 aromatic carbocycles. The normalized spacial score (nSPS) is 25.3. The number of likely N-dealkylation sites (N-methyl/N-ethyl adjacent to an activating group) is 2. The van der Waals surface area contributed by atoms with E-state index in [0.717, 1.165) is 0 Å². The fourth-order valence-electron chi connectivity index (χ4n) is 2.05. The lowest BCUT2D eigenvalue weighted by atomic mass is 10.1. The lowest BCUT2D eigenvalue weighted by molar-refractivity contribution is 0.223. The van der Waals surface area contributed by atoms with Crippen LogP contribution in [0.5, 0.6) is 0 Å². The van der Waals surface area contributed by atoms with E-state index in [0.29, 0.717) is 12.1 Å². The Balaban J connectivity index is 2.11. The molecular weight excluding hydrogens is 224 g/mol. The lowest BCUT2D eigenvalue weighted by Gasteiger charge is -2.37. The molecule has 0 radical (unpaired) electrons. The van der Waals surface area contributed by atoms with Crippen LogP contribution in [0.25, 0.3) is 0 Å². The molecule has 1 aromatic rings. The standard InChI is InChI=1S/C11H18N2S2/c1-12-11(10-4-3-6-15-10)9-8-14-7-5-13(9)2/h3-4,6,9,11-12H,5,7-8H2,1-2H3. The van der Waals surface area contributed by atoms with E-state index in [9.17, 15) is 0 Å². The highest BCUT2D eigenvalue weighted by molar-refractivity contribution is 7.99. The summed E-state index contributed by atoms with van der Waals surface area (Å²) in [6, 6.07) is 5.49. The minimum Gasteiger partial charge on any atom is -0.311 e. The van der Waals surface area contributed by atoms with E-state index in [-0.39, 0.29) is 0 Å². The second-order valence-electron chi connectivity index (χ2n) is 3.90. The van der Waals surface area contributed by atoms with Crippen LogP contribution in [-0.4, -0.2) is 43.1 Å². The third kappa shape index (κ3) is 2.56. The van der Waals surface area contributed by atoms with Gasteiger partial charge >= 0.3 is 0 Å². The van der Waals surface area contributed by atoms with E-state index in [4.69, 9.17) is 0 Å². The van der Waals surface area contributed by atoms with Crippen molar-refractivity contribution in [3.63, 3.8) is 0 Å². The zero-order valence-corrected chi connectivity index (χ0v) is 10.9. The van der Waals surface area contributed by atoms with Gasteiger partial charge in [0, 0.05) is 29.0 Å². The second-order valence-corrected chi connectivity index (χ2v) is 6.03. The molecule has 1 fully saturated rings. The Morgan fingerprint density at radius 3 is 3.07 bits per heavy atom. The van der Waals surface area contributed by atoms with Crippen LogP contribution < -0.4 is 5.32 Å². The molecule has 2 nitrogen and oxygen atoms in total. The molecule has 2 unspecified atom stereocenters. The van der Waals surface area contributed by atoms with Gasteiger partial charge in [0.05, 0.1) is 6.04 Å². The summed E-state index contributed by atoms with van der Waals surface area (Å²) in [5.41, 5.74) is 0. The molecule has 15 heavy (non-hydrogen) atoms. The smallest absolute Gasteiger partial charge is 0.0578 e. The molecule has 4 heteroatoms. The van der Waals surface area contributed by atoms with Gasteiger partial charge < -0.3 is 5.32 Å². The number of thiophene rings is 1. The molecule has 1 aliphatic rings. The number of rotatable bonds is 3. The SMILES string of the molecule is CNC(c1cccs1)C1CSCCN1C. The molecule has 0 saturated carbocycles. The first kappa shape index (κ1) is 11.5. The molecule has 2 rings (SSSR count). The molecule has 1 aromatic heterocycles. The van der Waals surface area contributed by atoms with Gasteiger partial charge in [-0.3, -0.25) is 4.90 Å². The Hall–Kier alpha value is -0.0300. The van der Waals surface area contributed by atoms with E-state index in [1.807, 2.05) is 11.3 Å². The van der Waals surface area contributed by atoms with Crippen molar-refractivity contribution in [1.82, 2.24) is 10.2 Å². The highest BCUT2D eigenvalue weighted by Crippen LogP contribution is 2.28. The van der Waals surface area contributed by atoms with Gasteiger partial charge in [-0.05, 0) is 25.5 Å². The molecule has 0 spiro atoms. The maximum Gasteiger partial charge on any atom is 0.0578 e. The number of nitrogens with zero attached hydrogens (tertiary/aromatic N) is 1. The van der Waals surface area contributed by atoms with E-state index in [1.165, 1.54) is 22.9 Å². The third-order valence-corrected chi connectivity index (χ3v) is 4.99. The summed E-state index contributed by atoms with van der Waals surface area (Å²) >= 11 is 3.92. The van der Waals surface area contributed by atoms with E-state index >= 15 is 0 Å². The number of thioether (sulfide) groups is 1. The number of hydrogen-bond donors (Lipinski definition) is 1. The molecule has 0 bridgehead atoms. The van der Waals surface area contributed by atoms with Crippen LogP contribution in [0.4, 0.5) is 0 Å². The van der Waals surface area contributed by atoms with Crippen molar-refractivity contribution in [3.05, 3.63) is 22.4 Å². The van der Waals surface area contributed by atoms with Crippen LogP contribution in [0.3, 0.4) is 0 Å². The third-order valence-electron chi connectivity index (χ3n) is 2.99. The Morgan fingerprint density at radius 2 is 2.47 bits per heavy atom. The Labute approximate surface area is 100 Å². The van der Waals surface area contributed by atoms with Crippen molar-refractivity contribution in [2.45, 2.75) is 12.1 Å². The average molecular weight is 242 g/mol. The van der Waals surface area contributed by atoms with Crippen LogP contribution in [0.1, 0.15) is 10.9 Å². The van der Waals surface area contributed by atoms with E-state index in [2.05, 4.69) is 53.6 Å². The van der Waals surface area contributed by atoms with Gasteiger partial charge in [0.25, 0.3) is 0 Å². The van der Waals surface area contributed by atoms with Gasteiger partial charge in [-0.1, -0.05) is 6.07 Å². The largest absolute Gasteiger partial charge is 0.311 e. The van der Waals surface area contributed by atoms with Crippen molar-refractivity contribution in [2.75, 3.05) is 32.1 Å². The first-order valence-corrected chi connectivity index (χ1v) is 7.35. The highest BCUT2D eigenvalue weighted by atomic mass is 32.2. The Bertz CT molecular complexity index is 287. The summed E-state index contributed by atoms with van der Waals surface area (Å²) < 4.78 is 0. The van der Waals surface area contributed by atoms with Crippen LogP contribution in [0.2, 0.25) is 0 Å². The average Bonchev–Trinajstić information content (AvgIpc) is 2.75. The topological polar surface area (TPSA) is 15.3 Å². The second kappa shape index (κ2) is 5.34. The summed E-state index contributed by atoms with van der Waals surface area (Å²) in [6.45, 7) is 1.21. The van der Waals surface area contributed by atoms with Gasteiger partial charge in [-0.25, -0.2) is 0 Å². The van der Waals surface area contributed by atoms with Crippen LogP contribution in [0, 0.1) is 0 Å². The first-order chi connectivity index (χ1) is 7.33. The maximum atomic E-state index is 3.46. The Morgan fingerprint density at radius 1 is 1.60 bits per heavy atom. The van der Waals surface area contributed by atoms with Crippen LogP contribution in [0.15, 0.2) is 17.5 Å². The minimum atomic E-state index is 0.489. The van der Waals surface area contributed by atoms with Crippen LogP contribution in [-0.2, 0) is 0 Å². The van der Waals surface area contributed by atoms with Crippen LogP contribution >= 0.6 is 23.1 Å². The fraction of sp³-hybridized carbons (Fsp3) is 0.636. The van der Waals surface area contributed by atoms with Crippen molar-refractivity contribution < 1.29 is 0 Å². The zero-order chi connectivity index (χ0) is 10.7. The van der Waals surface area contributed by atoms with Crippen molar-refractivity contribution in [3.8, 4) is 0 Å². The van der Waals surface area contributed by atoms with Crippen molar-refractivity contribution in [2.24, 2.45) is 0 Å². The number of nitrogens with one attached hydrogen (secondary N) is 1. The summed E-state index contributed by atoms with van der Waals surface area (Å²) in [7, 11) is 4.31. The molecule has 84 valence electrons. The predicted molar refractivity (Wildman–Crippen MR) is 69.9 cm³/mol.